The highest BCUT2D eigenvalue weighted by Crippen LogP contribution is 2.46. The highest BCUT2D eigenvalue weighted by molar-refractivity contribution is 6.34. The fourth-order valence-electron chi connectivity index (χ4n) is 3.86. The predicted molar refractivity (Wildman–Crippen MR) is 111 cm³/mol. The lowest BCUT2D eigenvalue weighted by Gasteiger charge is -2.32. The number of hydrogen-bond acceptors (Lipinski definition) is 3. The molecule has 1 aliphatic rings. The van der Waals surface area contributed by atoms with Gasteiger partial charge in [-0.2, -0.15) is 0 Å². The summed E-state index contributed by atoms with van der Waals surface area (Å²) in [6.07, 6.45) is 2.78. The highest BCUT2D eigenvalue weighted by Gasteiger charge is 2.33. The molecular weight excluding hydrogens is 378 g/mol. The number of carboxylic acids is 1. The summed E-state index contributed by atoms with van der Waals surface area (Å²) in [6, 6.07) is 4.05. The Balaban J connectivity index is 2.21. The van der Waals surface area contributed by atoms with E-state index in [1.165, 1.54) is 0 Å². The molecule has 2 N–H and O–H groups in total. The van der Waals surface area contributed by atoms with Gasteiger partial charge in [0.2, 0.25) is 0 Å². The Hall–Kier alpha value is -2.27. The van der Waals surface area contributed by atoms with Crippen LogP contribution in [0.4, 0.5) is 0 Å². The van der Waals surface area contributed by atoms with Crippen molar-refractivity contribution in [3.8, 4) is 17.0 Å². The van der Waals surface area contributed by atoms with Crippen LogP contribution in [0.3, 0.4) is 0 Å². The van der Waals surface area contributed by atoms with Crippen LogP contribution in [-0.4, -0.2) is 22.7 Å². The summed E-state index contributed by atoms with van der Waals surface area (Å²) < 4.78 is 5.95. The Morgan fingerprint density at radius 2 is 2.11 bits per heavy atom. The lowest BCUT2D eigenvalue weighted by molar-refractivity contribution is 0.0695. The molecular formula is C22H26ClNO4. The van der Waals surface area contributed by atoms with Crippen molar-refractivity contribution in [3.63, 3.8) is 0 Å². The van der Waals surface area contributed by atoms with Gasteiger partial charge in [0.15, 0.2) is 0 Å². The lowest BCUT2D eigenvalue weighted by atomic mass is 9.75. The number of unbranched alkanes of at least 4 members (excludes halogenated alkanes) is 1. The third-order valence-corrected chi connectivity index (χ3v) is 5.84. The van der Waals surface area contributed by atoms with Crippen LogP contribution in [0, 0.1) is 12.8 Å². The van der Waals surface area contributed by atoms with Gasteiger partial charge in [0.1, 0.15) is 11.3 Å². The van der Waals surface area contributed by atoms with E-state index >= 15 is 0 Å². The molecule has 0 aliphatic heterocycles. The number of rotatable bonds is 6. The van der Waals surface area contributed by atoms with Crippen molar-refractivity contribution in [2.24, 2.45) is 5.92 Å². The number of pyridine rings is 1. The molecule has 150 valence electrons. The van der Waals surface area contributed by atoms with Crippen molar-refractivity contribution in [2.45, 2.75) is 52.9 Å². The van der Waals surface area contributed by atoms with Gasteiger partial charge in [-0.1, -0.05) is 38.8 Å². The first kappa shape index (κ1) is 20.5. The molecule has 1 atom stereocenters. The number of aromatic nitrogens is 1. The first-order valence-corrected chi connectivity index (χ1v) is 10.1. The molecule has 0 spiro atoms. The van der Waals surface area contributed by atoms with Gasteiger partial charge in [-0.25, -0.2) is 4.79 Å². The number of halogens is 1. The van der Waals surface area contributed by atoms with Crippen LogP contribution in [0.25, 0.3) is 11.3 Å². The molecule has 0 amide bonds. The van der Waals surface area contributed by atoms with Crippen molar-refractivity contribution in [2.75, 3.05) is 6.61 Å². The SMILES string of the molecule is CCCCOc1cc2c(cc1C)-c1[nH]c(=O)c(C(=O)O)c(Cl)c1C(C(C)C)C2. The molecule has 2 aromatic rings. The van der Waals surface area contributed by atoms with E-state index in [-0.39, 0.29) is 22.4 Å². The third kappa shape index (κ3) is 3.55. The first-order valence-electron chi connectivity index (χ1n) is 9.71. The minimum Gasteiger partial charge on any atom is -0.493 e. The van der Waals surface area contributed by atoms with Crippen LogP contribution in [0.1, 0.15) is 66.6 Å². The lowest BCUT2D eigenvalue weighted by Crippen LogP contribution is -2.26. The van der Waals surface area contributed by atoms with Crippen molar-refractivity contribution in [1.29, 1.82) is 0 Å². The summed E-state index contributed by atoms with van der Waals surface area (Å²) in [4.78, 5) is 26.8. The van der Waals surface area contributed by atoms with Gasteiger partial charge >= 0.3 is 5.97 Å². The van der Waals surface area contributed by atoms with E-state index in [0.29, 0.717) is 12.3 Å². The van der Waals surface area contributed by atoms with Crippen LogP contribution >= 0.6 is 11.6 Å². The Bertz CT molecular complexity index is 977. The third-order valence-electron chi connectivity index (χ3n) is 5.45. The number of nitrogens with one attached hydrogen (secondary N) is 1. The monoisotopic (exact) mass is 403 g/mol. The molecule has 28 heavy (non-hydrogen) atoms. The van der Waals surface area contributed by atoms with Gasteiger partial charge in [0.25, 0.3) is 5.56 Å². The zero-order chi connectivity index (χ0) is 20.6. The number of carboxylic acid groups (broad SMARTS) is 1. The second-order valence-electron chi connectivity index (χ2n) is 7.77. The Kier molecular flexibility index (Phi) is 5.84. The van der Waals surface area contributed by atoms with E-state index < -0.39 is 11.5 Å². The zero-order valence-corrected chi connectivity index (χ0v) is 17.4. The molecule has 0 fully saturated rings. The van der Waals surface area contributed by atoms with Crippen LogP contribution in [0.15, 0.2) is 16.9 Å². The molecule has 1 unspecified atom stereocenters. The number of aryl methyl sites for hydroxylation is 1. The Morgan fingerprint density at radius 3 is 2.71 bits per heavy atom. The summed E-state index contributed by atoms with van der Waals surface area (Å²) >= 11 is 6.46. The average Bonchev–Trinajstić information content (AvgIpc) is 2.61. The molecule has 0 saturated carbocycles. The van der Waals surface area contributed by atoms with Crippen molar-refractivity contribution in [3.05, 3.63) is 49.8 Å². The van der Waals surface area contributed by atoms with Gasteiger partial charge in [0, 0.05) is 5.56 Å². The minimum atomic E-state index is -1.31. The molecule has 1 heterocycles. The van der Waals surface area contributed by atoms with Crippen LogP contribution in [-0.2, 0) is 6.42 Å². The first-order chi connectivity index (χ1) is 13.3. The van der Waals surface area contributed by atoms with Crippen molar-refractivity contribution >= 4 is 17.6 Å². The molecule has 6 heteroatoms. The van der Waals surface area contributed by atoms with Crippen molar-refractivity contribution in [1.82, 2.24) is 4.98 Å². The molecule has 5 nitrogen and oxygen atoms in total. The van der Waals surface area contributed by atoms with Gasteiger partial charge in [-0.15, -0.1) is 0 Å². The average molecular weight is 404 g/mol. The number of hydrogen-bond donors (Lipinski definition) is 2. The van der Waals surface area contributed by atoms with Crippen LogP contribution < -0.4 is 10.3 Å². The fourth-order valence-corrected chi connectivity index (χ4v) is 4.26. The number of fused-ring (bicyclic) bond motifs is 3. The topological polar surface area (TPSA) is 79.4 Å². The number of ether oxygens (including phenoxy) is 1. The number of benzene rings is 1. The highest BCUT2D eigenvalue weighted by atomic mass is 35.5. The van der Waals surface area contributed by atoms with Crippen LogP contribution in [0.5, 0.6) is 5.75 Å². The normalized spacial score (nSPS) is 15.3. The molecule has 3 rings (SSSR count). The van der Waals surface area contributed by atoms with E-state index in [4.69, 9.17) is 16.3 Å². The van der Waals surface area contributed by atoms with Gasteiger partial charge in [-0.3, -0.25) is 4.79 Å². The number of aromatic amines is 1. The predicted octanol–water partition coefficient (Wildman–Crippen LogP) is 5.18. The molecule has 0 bridgehead atoms. The minimum absolute atomic E-state index is 0.0103. The van der Waals surface area contributed by atoms with E-state index in [9.17, 15) is 14.7 Å². The van der Waals surface area contributed by atoms with Crippen LogP contribution in [0.2, 0.25) is 5.02 Å². The zero-order valence-electron chi connectivity index (χ0n) is 16.7. The van der Waals surface area contributed by atoms with Gasteiger partial charge < -0.3 is 14.8 Å². The second-order valence-corrected chi connectivity index (χ2v) is 8.15. The molecule has 1 aromatic heterocycles. The standard InChI is InChI=1S/C22H26ClNO4/c1-5-6-7-28-16-10-13-9-14(11(2)3)17-19(23)18(22(26)27)21(25)24-20(17)15(13)8-12(16)4/h8,10-11,14H,5-7,9H2,1-4H3,(H,24,25)(H,26,27). The second kappa shape index (κ2) is 8.00. The van der Waals surface area contributed by atoms with Gasteiger partial charge in [0.05, 0.1) is 17.3 Å². The van der Waals surface area contributed by atoms with E-state index in [0.717, 1.165) is 47.3 Å². The molecule has 1 aliphatic carbocycles. The molecule has 0 radical (unpaired) electrons. The van der Waals surface area contributed by atoms with E-state index in [1.807, 2.05) is 13.0 Å². The number of aromatic carboxylic acids is 1. The quantitative estimate of drug-likeness (QED) is 0.651. The molecule has 0 saturated heterocycles. The Morgan fingerprint density at radius 1 is 1.39 bits per heavy atom. The largest absolute Gasteiger partial charge is 0.493 e. The van der Waals surface area contributed by atoms with E-state index in [2.05, 4.69) is 31.8 Å². The Labute approximate surface area is 169 Å². The van der Waals surface area contributed by atoms with Gasteiger partial charge in [-0.05, 0) is 60.4 Å². The summed E-state index contributed by atoms with van der Waals surface area (Å²) in [5.41, 5.74) is 3.24. The maximum absolute atomic E-state index is 12.4. The van der Waals surface area contributed by atoms with E-state index in [1.54, 1.807) is 0 Å². The number of carbonyl (C=O) groups is 1. The molecule has 1 aromatic carbocycles. The smallest absolute Gasteiger partial charge is 0.342 e. The fraction of sp³-hybridized carbons (Fsp3) is 0.455. The van der Waals surface area contributed by atoms with Crippen molar-refractivity contribution < 1.29 is 14.6 Å². The summed E-state index contributed by atoms with van der Waals surface area (Å²) in [5.74, 6) is -0.217. The number of H-pyrrole nitrogens is 1. The summed E-state index contributed by atoms with van der Waals surface area (Å²) in [5, 5.41) is 9.48. The summed E-state index contributed by atoms with van der Waals surface area (Å²) in [6.45, 7) is 8.92. The maximum atomic E-state index is 12.4. The summed E-state index contributed by atoms with van der Waals surface area (Å²) in [7, 11) is 0. The maximum Gasteiger partial charge on any atom is 0.342 e.